The molecule has 0 aliphatic carbocycles. The van der Waals surface area contributed by atoms with Crippen molar-refractivity contribution in [2.24, 2.45) is 0 Å². The second-order valence-electron chi connectivity index (χ2n) is 5.40. The molecular weight excluding hydrogens is 287 g/mol. The van der Waals surface area contributed by atoms with E-state index in [0.29, 0.717) is 18.7 Å². The fourth-order valence-electron chi connectivity index (χ4n) is 2.40. The molecule has 1 aromatic carbocycles. The Balaban J connectivity index is 1.83. The van der Waals surface area contributed by atoms with Crippen molar-refractivity contribution in [2.75, 3.05) is 19.7 Å². The van der Waals surface area contributed by atoms with Gasteiger partial charge in [0.2, 0.25) is 11.8 Å². The summed E-state index contributed by atoms with van der Waals surface area (Å²) in [5.41, 5.74) is 0.421. The first kappa shape index (κ1) is 16.4. The highest BCUT2D eigenvalue weighted by Gasteiger charge is 2.22. The highest BCUT2D eigenvalue weighted by Crippen LogP contribution is 2.13. The van der Waals surface area contributed by atoms with Crippen LogP contribution in [-0.2, 0) is 20.9 Å². The van der Waals surface area contributed by atoms with Crippen molar-refractivity contribution in [2.45, 2.75) is 32.4 Å². The summed E-state index contributed by atoms with van der Waals surface area (Å²) >= 11 is 0. The minimum absolute atomic E-state index is 0.00303. The summed E-state index contributed by atoms with van der Waals surface area (Å²) in [5.74, 6) is -0.835. The predicted octanol–water partition coefficient (Wildman–Crippen LogP) is 1.47. The Hall–Kier alpha value is -1.95. The first-order valence-corrected chi connectivity index (χ1v) is 7.43. The molecule has 0 radical (unpaired) electrons. The molecule has 120 valence electrons. The molecule has 1 aromatic rings. The number of ether oxygens (including phenoxy) is 1. The van der Waals surface area contributed by atoms with Crippen LogP contribution in [0.15, 0.2) is 24.3 Å². The fraction of sp³-hybridized carbons (Fsp3) is 0.500. The molecule has 0 saturated carbocycles. The molecule has 1 aliphatic heterocycles. The Morgan fingerprint density at radius 3 is 2.82 bits per heavy atom. The van der Waals surface area contributed by atoms with Crippen LogP contribution in [0.5, 0.6) is 0 Å². The number of hydrogen-bond donors (Lipinski definition) is 1. The van der Waals surface area contributed by atoms with Gasteiger partial charge in [-0.25, -0.2) is 4.39 Å². The zero-order valence-electron chi connectivity index (χ0n) is 12.7. The normalized spacial score (nSPS) is 17.3. The van der Waals surface area contributed by atoms with Crippen LogP contribution in [0.25, 0.3) is 0 Å². The van der Waals surface area contributed by atoms with Crippen LogP contribution in [0, 0.1) is 5.82 Å². The van der Waals surface area contributed by atoms with Gasteiger partial charge < -0.3 is 15.0 Å². The molecule has 2 rings (SSSR count). The van der Waals surface area contributed by atoms with Crippen LogP contribution in [-0.4, -0.2) is 42.5 Å². The summed E-state index contributed by atoms with van der Waals surface area (Å²) in [5, 5.41) is 2.64. The van der Waals surface area contributed by atoms with Crippen LogP contribution in [0.4, 0.5) is 4.39 Å². The fourth-order valence-corrected chi connectivity index (χ4v) is 2.40. The molecule has 2 amide bonds. The standard InChI is InChI=1S/C16H21FN2O3/c1-12(20)19(10-14-6-4-8-22-14)11-16(21)18-9-13-5-2-3-7-15(13)17/h2-3,5,7,14H,4,6,8-11H2,1H3,(H,18,21). The van der Waals surface area contributed by atoms with Crippen LogP contribution in [0.2, 0.25) is 0 Å². The zero-order valence-corrected chi connectivity index (χ0v) is 12.7. The lowest BCUT2D eigenvalue weighted by atomic mass is 10.2. The first-order valence-electron chi connectivity index (χ1n) is 7.43. The maximum atomic E-state index is 13.5. The molecule has 5 nitrogen and oxygen atoms in total. The molecule has 0 aromatic heterocycles. The molecule has 0 bridgehead atoms. The van der Waals surface area contributed by atoms with Gasteiger partial charge in [-0.05, 0) is 18.9 Å². The quantitative estimate of drug-likeness (QED) is 0.866. The van der Waals surface area contributed by atoms with Crippen molar-refractivity contribution in [3.05, 3.63) is 35.6 Å². The van der Waals surface area contributed by atoms with Gasteiger partial charge in [0.15, 0.2) is 0 Å². The van der Waals surface area contributed by atoms with Gasteiger partial charge in [0.1, 0.15) is 5.82 Å². The van der Waals surface area contributed by atoms with Crippen molar-refractivity contribution in [1.82, 2.24) is 10.2 Å². The van der Waals surface area contributed by atoms with Crippen molar-refractivity contribution < 1.29 is 18.7 Å². The van der Waals surface area contributed by atoms with Crippen molar-refractivity contribution in [3.63, 3.8) is 0 Å². The number of benzene rings is 1. The largest absolute Gasteiger partial charge is 0.376 e. The van der Waals surface area contributed by atoms with Crippen LogP contribution < -0.4 is 5.32 Å². The number of nitrogens with zero attached hydrogens (tertiary/aromatic N) is 1. The third-order valence-electron chi connectivity index (χ3n) is 3.66. The monoisotopic (exact) mass is 308 g/mol. The lowest BCUT2D eigenvalue weighted by molar-refractivity contribution is -0.135. The molecule has 1 heterocycles. The Morgan fingerprint density at radius 2 is 2.18 bits per heavy atom. The topological polar surface area (TPSA) is 58.6 Å². The lowest BCUT2D eigenvalue weighted by Crippen LogP contribution is -2.43. The minimum Gasteiger partial charge on any atom is -0.376 e. The van der Waals surface area contributed by atoms with E-state index >= 15 is 0 Å². The Morgan fingerprint density at radius 1 is 1.41 bits per heavy atom. The van der Waals surface area contributed by atoms with E-state index in [9.17, 15) is 14.0 Å². The zero-order chi connectivity index (χ0) is 15.9. The van der Waals surface area contributed by atoms with E-state index in [2.05, 4.69) is 5.32 Å². The van der Waals surface area contributed by atoms with E-state index in [1.807, 2.05) is 0 Å². The Bertz CT molecular complexity index is 530. The molecular formula is C16H21FN2O3. The van der Waals surface area contributed by atoms with Gasteiger partial charge in [-0.15, -0.1) is 0 Å². The van der Waals surface area contributed by atoms with E-state index in [-0.39, 0.29) is 36.8 Å². The van der Waals surface area contributed by atoms with Gasteiger partial charge in [0.25, 0.3) is 0 Å². The first-order chi connectivity index (χ1) is 10.6. The van der Waals surface area contributed by atoms with Crippen molar-refractivity contribution >= 4 is 11.8 Å². The highest BCUT2D eigenvalue weighted by atomic mass is 19.1. The molecule has 0 spiro atoms. The van der Waals surface area contributed by atoms with Gasteiger partial charge >= 0.3 is 0 Å². The molecule has 1 fully saturated rings. The van der Waals surface area contributed by atoms with Gasteiger partial charge in [-0.1, -0.05) is 18.2 Å². The smallest absolute Gasteiger partial charge is 0.239 e. The van der Waals surface area contributed by atoms with Crippen molar-refractivity contribution in [3.8, 4) is 0 Å². The van der Waals surface area contributed by atoms with E-state index < -0.39 is 0 Å². The summed E-state index contributed by atoms with van der Waals surface area (Å²) in [4.78, 5) is 25.0. The molecule has 1 saturated heterocycles. The van der Waals surface area contributed by atoms with E-state index in [1.165, 1.54) is 17.9 Å². The molecule has 1 unspecified atom stereocenters. The average Bonchev–Trinajstić information content (AvgIpc) is 2.98. The molecule has 1 N–H and O–H groups in total. The van der Waals surface area contributed by atoms with E-state index in [0.717, 1.165) is 12.8 Å². The number of carbonyl (C=O) groups is 2. The Labute approximate surface area is 129 Å². The summed E-state index contributed by atoms with van der Waals surface area (Å²) < 4.78 is 19.0. The van der Waals surface area contributed by atoms with Crippen LogP contribution >= 0.6 is 0 Å². The lowest BCUT2D eigenvalue weighted by Gasteiger charge is -2.23. The maximum absolute atomic E-state index is 13.5. The second kappa shape index (κ2) is 7.89. The number of nitrogens with one attached hydrogen (secondary N) is 1. The van der Waals surface area contributed by atoms with Crippen LogP contribution in [0.1, 0.15) is 25.3 Å². The predicted molar refractivity (Wildman–Crippen MR) is 79.5 cm³/mol. The summed E-state index contributed by atoms with van der Waals surface area (Å²) in [6, 6.07) is 6.27. The summed E-state index contributed by atoms with van der Waals surface area (Å²) in [7, 11) is 0. The molecule has 1 atom stereocenters. The maximum Gasteiger partial charge on any atom is 0.239 e. The third-order valence-corrected chi connectivity index (χ3v) is 3.66. The average molecular weight is 308 g/mol. The highest BCUT2D eigenvalue weighted by molar-refractivity contribution is 5.83. The number of hydrogen-bond acceptors (Lipinski definition) is 3. The molecule has 22 heavy (non-hydrogen) atoms. The van der Waals surface area contributed by atoms with Crippen molar-refractivity contribution in [1.29, 1.82) is 0 Å². The summed E-state index contributed by atoms with van der Waals surface area (Å²) in [6.07, 6.45) is 1.89. The number of amides is 2. The van der Waals surface area contributed by atoms with Gasteiger partial charge in [0.05, 0.1) is 12.6 Å². The number of carbonyl (C=O) groups excluding carboxylic acids is 2. The third kappa shape index (κ3) is 4.80. The van der Waals surface area contributed by atoms with Crippen LogP contribution in [0.3, 0.4) is 0 Å². The second-order valence-corrected chi connectivity index (χ2v) is 5.40. The van der Waals surface area contributed by atoms with E-state index in [4.69, 9.17) is 4.74 Å². The molecule has 6 heteroatoms. The minimum atomic E-state index is -0.356. The van der Waals surface area contributed by atoms with Gasteiger partial charge in [-0.3, -0.25) is 9.59 Å². The summed E-state index contributed by atoms with van der Waals surface area (Å²) in [6.45, 7) is 2.62. The van der Waals surface area contributed by atoms with Gasteiger partial charge in [0, 0.05) is 32.2 Å². The van der Waals surface area contributed by atoms with Gasteiger partial charge in [-0.2, -0.15) is 0 Å². The number of rotatable bonds is 6. The van der Waals surface area contributed by atoms with E-state index in [1.54, 1.807) is 18.2 Å². The number of halogens is 1. The SMILES string of the molecule is CC(=O)N(CC(=O)NCc1ccccc1F)CC1CCCO1. The molecule has 1 aliphatic rings. The Kier molecular flexibility index (Phi) is 5.89.